The molecule has 2 aliphatic rings. The lowest BCUT2D eigenvalue weighted by atomic mass is 10.2. The number of benzene rings is 2. The number of anilines is 1. The predicted octanol–water partition coefficient (Wildman–Crippen LogP) is 1.35. The van der Waals surface area contributed by atoms with E-state index in [1.54, 1.807) is 36.4 Å². The average Bonchev–Trinajstić information content (AvgIpc) is 3.35. The summed E-state index contributed by atoms with van der Waals surface area (Å²) in [6.07, 6.45) is 1.77. The fourth-order valence-corrected chi connectivity index (χ4v) is 5.09. The molecule has 0 spiro atoms. The molecule has 0 atom stereocenters. The number of carbonyl (C=O) groups excluding carboxylic acids is 2. The molecule has 0 bridgehead atoms. The molecular formula is C22H25N5O4S. The van der Waals surface area contributed by atoms with Gasteiger partial charge in [-0.2, -0.15) is 4.31 Å². The lowest BCUT2D eigenvalue weighted by molar-refractivity contribution is -0.118. The summed E-state index contributed by atoms with van der Waals surface area (Å²) in [6.45, 7) is 3.12. The highest BCUT2D eigenvalue weighted by Gasteiger charge is 2.27. The first-order chi connectivity index (χ1) is 15.3. The van der Waals surface area contributed by atoms with Crippen LogP contribution in [0.3, 0.4) is 0 Å². The standard InChI is InChI=1S/C22H25N5O4S/c1-16-4-8-18(9-5-16)27-20(28)15-23-21(25-27)22(29)24-14-17-6-10-19(11-7-17)32(30,31)26-12-2-3-13-26/h4-11H,2-3,12-15H2,1H3,(H,23,25)(H,24,29). The second-order valence-corrected chi connectivity index (χ2v) is 9.72. The molecule has 1 saturated heterocycles. The van der Waals surface area contributed by atoms with Gasteiger partial charge in [0, 0.05) is 19.6 Å². The zero-order chi connectivity index (χ0) is 22.7. The quantitative estimate of drug-likeness (QED) is 0.683. The summed E-state index contributed by atoms with van der Waals surface area (Å²) in [7, 11) is -3.46. The number of carbonyl (C=O) groups is 2. The Hall–Kier alpha value is -3.24. The Bertz CT molecular complexity index is 1140. The Morgan fingerprint density at radius 3 is 2.38 bits per heavy atom. The topological polar surface area (TPSA) is 111 Å². The fraction of sp³-hybridized carbons (Fsp3) is 0.318. The molecule has 32 heavy (non-hydrogen) atoms. The Morgan fingerprint density at radius 1 is 1.06 bits per heavy atom. The van der Waals surface area contributed by atoms with E-state index in [1.807, 2.05) is 19.1 Å². The number of amidine groups is 1. The van der Waals surface area contributed by atoms with Crippen molar-refractivity contribution in [3.8, 4) is 0 Å². The number of aryl methyl sites for hydroxylation is 1. The van der Waals surface area contributed by atoms with Crippen molar-refractivity contribution in [1.82, 2.24) is 15.0 Å². The smallest absolute Gasteiger partial charge is 0.288 e. The summed E-state index contributed by atoms with van der Waals surface area (Å²) in [6, 6.07) is 13.8. The van der Waals surface area contributed by atoms with Crippen molar-refractivity contribution in [2.75, 3.05) is 24.6 Å². The molecule has 2 aliphatic heterocycles. The summed E-state index contributed by atoms with van der Waals surface area (Å²) < 4.78 is 26.7. The number of hydrogen-bond acceptors (Lipinski definition) is 6. The van der Waals surface area contributed by atoms with E-state index in [1.165, 1.54) is 9.31 Å². The maximum absolute atomic E-state index is 12.6. The van der Waals surface area contributed by atoms with E-state index in [-0.39, 0.29) is 29.7 Å². The van der Waals surface area contributed by atoms with Gasteiger partial charge in [-0.1, -0.05) is 29.8 Å². The second kappa shape index (κ2) is 9.09. The van der Waals surface area contributed by atoms with Gasteiger partial charge < -0.3 is 5.32 Å². The van der Waals surface area contributed by atoms with Crippen LogP contribution in [0.25, 0.3) is 0 Å². The Morgan fingerprint density at radius 2 is 1.72 bits per heavy atom. The van der Waals surface area contributed by atoms with Crippen molar-refractivity contribution >= 4 is 33.4 Å². The number of amides is 2. The fourth-order valence-electron chi connectivity index (χ4n) is 3.57. The van der Waals surface area contributed by atoms with Gasteiger partial charge in [0.05, 0.1) is 10.6 Å². The maximum Gasteiger partial charge on any atom is 0.288 e. The Balaban J connectivity index is 1.37. The Kier molecular flexibility index (Phi) is 6.24. The molecule has 0 radical (unpaired) electrons. The number of nitrogens with one attached hydrogen (secondary N) is 2. The van der Waals surface area contributed by atoms with Gasteiger partial charge in [0.2, 0.25) is 15.9 Å². The van der Waals surface area contributed by atoms with Crippen LogP contribution in [0.4, 0.5) is 5.69 Å². The molecule has 2 heterocycles. The molecule has 10 heteroatoms. The number of rotatable bonds is 6. The van der Waals surface area contributed by atoms with E-state index in [4.69, 9.17) is 0 Å². The van der Waals surface area contributed by atoms with Gasteiger partial charge in [0.1, 0.15) is 6.54 Å². The zero-order valence-electron chi connectivity index (χ0n) is 17.7. The third kappa shape index (κ3) is 4.66. The molecule has 4 rings (SSSR count). The molecular weight excluding hydrogens is 430 g/mol. The molecule has 0 aliphatic carbocycles. The molecule has 0 aromatic heterocycles. The summed E-state index contributed by atoms with van der Waals surface area (Å²) in [5, 5.41) is 4.05. The van der Waals surface area contributed by atoms with Crippen LogP contribution in [-0.2, 0) is 26.2 Å². The average molecular weight is 456 g/mol. The van der Waals surface area contributed by atoms with Crippen molar-refractivity contribution in [3.05, 3.63) is 59.7 Å². The number of hydrazine groups is 1. The van der Waals surface area contributed by atoms with Crippen LogP contribution in [0.1, 0.15) is 24.0 Å². The van der Waals surface area contributed by atoms with E-state index in [0.717, 1.165) is 24.0 Å². The van der Waals surface area contributed by atoms with E-state index in [2.05, 4.69) is 15.7 Å². The lowest BCUT2D eigenvalue weighted by Crippen LogP contribution is -2.55. The molecule has 2 amide bonds. The van der Waals surface area contributed by atoms with Crippen LogP contribution in [-0.4, -0.2) is 50.0 Å². The first-order valence-electron chi connectivity index (χ1n) is 10.4. The molecule has 2 aromatic carbocycles. The molecule has 2 N–H and O–H groups in total. The molecule has 1 fully saturated rings. The first kappa shape index (κ1) is 22.0. The number of aliphatic imine (C=N–C) groups is 1. The monoisotopic (exact) mass is 455 g/mol. The van der Waals surface area contributed by atoms with Crippen LogP contribution in [0.5, 0.6) is 0 Å². The molecule has 0 unspecified atom stereocenters. The SMILES string of the molecule is Cc1ccc(N2NC(C(=O)NCc3ccc(S(=O)(=O)N4CCCC4)cc3)=NCC2=O)cc1. The van der Waals surface area contributed by atoms with E-state index in [0.29, 0.717) is 18.8 Å². The van der Waals surface area contributed by atoms with Crippen molar-refractivity contribution < 1.29 is 18.0 Å². The first-order valence-corrected chi connectivity index (χ1v) is 11.9. The van der Waals surface area contributed by atoms with Crippen molar-refractivity contribution in [2.45, 2.75) is 31.2 Å². The highest BCUT2D eigenvalue weighted by molar-refractivity contribution is 7.89. The van der Waals surface area contributed by atoms with Gasteiger partial charge in [-0.25, -0.2) is 13.4 Å². The highest BCUT2D eigenvalue weighted by atomic mass is 32.2. The van der Waals surface area contributed by atoms with Crippen LogP contribution in [0.15, 0.2) is 58.4 Å². The molecule has 2 aromatic rings. The number of nitrogens with zero attached hydrogens (tertiary/aromatic N) is 3. The number of hydrogen-bond donors (Lipinski definition) is 2. The van der Waals surface area contributed by atoms with Gasteiger partial charge in [0.15, 0.2) is 0 Å². The zero-order valence-corrected chi connectivity index (χ0v) is 18.6. The second-order valence-electron chi connectivity index (χ2n) is 7.78. The third-order valence-electron chi connectivity index (χ3n) is 5.43. The largest absolute Gasteiger partial charge is 0.345 e. The van der Waals surface area contributed by atoms with Crippen LogP contribution >= 0.6 is 0 Å². The lowest BCUT2D eigenvalue weighted by Gasteiger charge is -2.27. The predicted molar refractivity (Wildman–Crippen MR) is 120 cm³/mol. The summed E-state index contributed by atoms with van der Waals surface area (Å²) >= 11 is 0. The molecule has 0 saturated carbocycles. The minimum absolute atomic E-state index is 0.0402. The normalized spacial score (nSPS) is 17.1. The van der Waals surface area contributed by atoms with Crippen LogP contribution in [0, 0.1) is 6.92 Å². The van der Waals surface area contributed by atoms with Gasteiger partial charge >= 0.3 is 0 Å². The van der Waals surface area contributed by atoms with E-state index >= 15 is 0 Å². The van der Waals surface area contributed by atoms with E-state index in [9.17, 15) is 18.0 Å². The maximum atomic E-state index is 12.6. The minimum atomic E-state index is -3.46. The van der Waals surface area contributed by atoms with Gasteiger partial charge in [-0.05, 0) is 49.6 Å². The van der Waals surface area contributed by atoms with Crippen molar-refractivity contribution in [3.63, 3.8) is 0 Å². The molecule has 168 valence electrons. The third-order valence-corrected chi connectivity index (χ3v) is 7.34. The van der Waals surface area contributed by atoms with Crippen LogP contribution in [0.2, 0.25) is 0 Å². The number of sulfonamides is 1. The summed E-state index contributed by atoms with van der Waals surface area (Å²) in [4.78, 5) is 29.0. The van der Waals surface area contributed by atoms with Gasteiger partial charge in [-0.15, -0.1) is 0 Å². The Labute approximate surface area is 187 Å². The summed E-state index contributed by atoms with van der Waals surface area (Å²) in [5.41, 5.74) is 5.20. The van der Waals surface area contributed by atoms with Crippen LogP contribution < -0.4 is 15.8 Å². The van der Waals surface area contributed by atoms with Gasteiger partial charge in [-0.3, -0.25) is 20.0 Å². The van der Waals surface area contributed by atoms with Crippen molar-refractivity contribution in [2.24, 2.45) is 4.99 Å². The van der Waals surface area contributed by atoms with E-state index < -0.39 is 15.9 Å². The minimum Gasteiger partial charge on any atom is -0.345 e. The van der Waals surface area contributed by atoms with Gasteiger partial charge in [0.25, 0.3) is 11.8 Å². The highest BCUT2D eigenvalue weighted by Crippen LogP contribution is 2.21. The van der Waals surface area contributed by atoms with Crippen molar-refractivity contribution in [1.29, 1.82) is 0 Å². The summed E-state index contributed by atoms with van der Waals surface area (Å²) in [5.74, 6) is -0.679. The molecule has 9 nitrogen and oxygen atoms in total.